The van der Waals surface area contributed by atoms with Gasteiger partial charge in [0.15, 0.2) is 0 Å². The molecule has 0 aliphatic carbocycles. The van der Waals surface area contributed by atoms with Crippen LogP contribution >= 0.6 is 15.9 Å². The van der Waals surface area contributed by atoms with E-state index >= 15 is 0 Å². The molecule has 0 aliphatic rings. The molecular formula is C11H13BrN4. The van der Waals surface area contributed by atoms with E-state index in [0.717, 1.165) is 15.6 Å². The van der Waals surface area contributed by atoms with E-state index in [1.165, 1.54) is 0 Å². The van der Waals surface area contributed by atoms with Gasteiger partial charge < -0.3 is 11.5 Å². The number of halogens is 1. The zero-order chi connectivity index (χ0) is 11.5. The summed E-state index contributed by atoms with van der Waals surface area (Å²) < 4.78 is 2.82. The van der Waals surface area contributed by atoms with Crippen molar-refractivity contribution >= 4 is 21.7 Å². The third kappa shape index (κ3) is 2.25. The molecular weight excluding hydrogens is 268 g/mol. The molecule has 16 heavy (non-hydrogen) atoms. The minimum absolute atomic E-state index is 0.423. The van der Waals surface area contributed by atoms with Gasteiger partial charge in [-0.2, -0.15) is 5.10 Å². The maximum absolute atomic E-state index is 5.90. The van der Waals surface area contributed by atoms with Crippen molar-refractivity contribution in [2.75, 3.05) is 5.73 Å². The molecule has 0 spiro atoms. The number of nitrogens with zero attached hydrogens (tertiary/aromatic N) is 2. The van der Waals surface area contributed by atoms with Crippen molar-refractivity contribution in [3.8, 4) is 0 Å². The molecule has 0 atom stereocenters. The predicted molar refractivity (Wildman–Crippen MR) is 67.8 cm³/mol. The van der Waals surface area contributed by atoms with Gasteiger partial charge in [0, 0.05) is 16.6 Å². The number of hydrogen-bond acceptors (Lipinski definition) is 3. The highest BCUT2D eigenvalue weighted by atomic mass is 79.9. The number of hydrogen-bond donors (Lipinski definition) is 2. The molecule has 4 N–H and O–H groups in total. The first-order valence-electron chi connectivity index (χ1n) is 4.95. The fourth-order valence-electron chi connectivity index (χ4n) is 1.48. The SMILES string of the molecule is NCc1cnn(Cc2ccc(Br)cc2)c1N. The Bertz CT molecular complexity index is 475. The van der Waals surface area contributed by atoms with Crippen molar-refractivity contribution in [2.24, 2.45) is 5.73 Å². The van der Waals surface area contributed by atoms with Gasteiger partial charge in [-0.05, 0) is 17.7 Å². The first-order valence-corrected chi connectivity index (χ1v) is 5.74. The molecule has 0 saturated carbocycles. The normalized spacial score (nSPS) is 10.6. The molecule has 0 saturated heterocycles. The lowest BCUT2D eigenvalue weighted by atomic mass is 10.2. The molecule has 0 radical (unpaired) electrons. The fourth-order valence-corrected chi connectivity index (χ4v) is 1.74. The van der Waals surface area contributed by atoms with Gasteiger partial charge >= 0.3 is 0 Å². The molecule has 84 valence electrons. The zero-order valence-corrected chi connectivity index (χ0v) is 10.3. The Balaban J connectivity index is 2.20. The predicted octanol–water partition coefficient (Wildman–Crippen LogP) is 1.73. The van der Waals surface area contributed by atoms with Crippen LogP contribution in [0.4, 0.5) is 5.82 Å². The van der Waals surface area contributed by atoms with Crippen LogP contribution in [0.25, 0.3) is 0 Å². The van der Waals surface area contributed by atoms with E-state index in [0.29, 0.717) is 18.9 Å². The summed E-state index contributed by atoms with van der Waals surface area (Å²) in [6.45, 7) is 1.09. The quantitative estimate of drug-likeness (QED) is 0.900. The van der Waals surface area contributed by atoms with Gasteiger partial charge in [0.2, 0.25) is 0 Å². The summed E-state index contributed by atoms with van der Waals surface area (Å²) in [5.74, 6) is 0.644. The first kappa shape index (κ1) is 11.2. The van der Waals surface area contributed by atoms with Crippen molar-refractivity contribution in [1.29, 1.82) is 0 Å². The highest BCUT2D eigenvalue weighted by molar-refractivity contribution is 9.10. The summed E-state index contributed by atoms with van der Waals surface area (Å²) in [6.07, 6.45) is 1.72. The molecule has 2 aromatic rings. The number of benzene rings is 1. The average Bonchev–Trinajstić information content (AvgIpc) is 2.63. The number of aromatic nitrogens is 2. The molecule has 0 bridgehead atoms. The molecule has 0 unspecified atom stereocenters. The highest BCUT2D eigenvalue weighted by Gasteiger charge is 2.05. The minimum atomic E-state index is 0.423. The van der Waals surface area contributed by atoms with Gasteiger partial charge in [0.05, 0.1) is 12.7 Å². The third-order valence-corrected chi connectivity index (χ3v) is 2.95. The summed E-state index contributed by atoms with van der Waals surface area (Å²) >= 11 is 3.40. The number of anilines is 1. The van der Waals surface area contributed by atoms with Crippen LogP contribution in [0.5, 0.6) is 0 Å². The molecule has 2 rings (SSSR count). The summed E-state index contributed by atoms with van der Waals surface area (Å²) in [5.41, 5.74) is 13.5. The van der Waals surface area contributed by atoms with E-state index in [-0.39, 0.29) is 0 Å². The van der Waals surface area contributed by atoms with E-state index in [1.54, 1.807) is 10.9 Å². The van der Waals surface area contributed by atoms with Gasteiger partial charge in [-0.1, -0.05) is 28.1 Å². The van der Waals surface area contributed by atoms with Crippen LogP contribution in [-0.2, 0) is 13.1 Å². The molecule has 0 aliphatic heterocycles. The smallest absolute Gasteiger partial charge is 0.126 e. The third-order valence-electron chi connectivity index (χ3n) is 2.43. The van der Waals surface area contributed by atoms with Crippen LogP contribution in [0.15, 0.2) is 34.9 Å². The highest BCUT2D eigenvalue weighted by Crippen LogP contribution is 2.14. The van der Waals surface area contributed by atoms with Crippen LogP contribution in [-0.4, -0.2) is 9.78 Å². The standard InChI is InChI=1S/C11H13BrN4/c12-10-3-1-8(2-4-10)7-16-11(14)9(5-13)6-15-16/h1-4,6H,5,7,13-14H2. The van der Waals surface area contributed by atoms with Crippen LogP contribution < -0.4 is 11.5 Å². The van der Waals surface area contributed by atoms with Crippen molar-refractivity contribution in [2.45, 2.75) is 13.1 Å². The van der Waals surface area contributed by atoms with E-state index in [1.807, 2.05) is 24.3 Å². The van der Waals surface area contributed by atoms with Crippen LogP contribution in [0.2, 0.25) is 0 Å². The van der Waals surface area contributed by atoms with E-state index in [2.05, 4.69) is 21.0 Å². The Morgan fingerprint density at radius 2 is 1.94 bits per heavy atom. The van der Waals surface area contributed by atoms with E-state index in [9.17, 15) is 0 Å². The summed E-state index contributed by atoms with van der Waals surface area (Å²) in [5, 5.41) is 4.20. The lowest BCUT2D eigenvalue weighted by molar-refractivity contribution is 0.696. The molecule has 0 amide bonds. The van der Waals surface area contributed by atoms with Crippen molar-refractivity contribution in [3.63, 3.8) is 0 Å². The second-order valence-corrected chi connectivity index (χ2v) is 4.46. The topological polar surface area (TPSA) is 69.9 Å². The molecule has 0 fully saturated rings. The zero-order valence-electron chi connectivity index (χ0n) is 8.73. The maximum atomic E-state index is 5.90. The van der Waals surface area contributed by atoms with Gasteiger partial charge in [-0.15, -0.1) is 0 Å². The second kappa shape index (κ2) is 4.67. The lowest BCUT2D eigenvalue weighted by Crippen LogP contribution is -2.07. The Morgan fingerprint density at radius 3 is 2.50 bits per heavy atom. The number of rotatable bonds is 3. The average molecular weight is 281 g/mol. The Hall–Kier alpha value is -1.33. The molecule has 5 heteroatoms. The van der Waals surface area contributed by atoms with Gasteiger partial charge in [0.1, 0.15) is 5.82 Å². The van der Waals surface area contributed by atoms with Crippen LogP contribution in [0, 0.1) is 0 Å². The first-order chi connectivity index (χ1) is 7.70. The fraction of sp³-hybridized carbons (Fsp3) is 0.182. The van der Waals surface area contributed by atoms with Crippen LogP contribution in [0.3, 0.4) is 0 Å². The molecule has 1 heterocycles. The summed E-state index contributed by atoms with van der Waals surface area (Å²) in [7, 11) is 0. The Morgan fingerprint density at radius 1 is 1.25 bits per heavy atom. The maximum Gasteiger partial charge on any atom is 0.126 e. The van der Waals surface area contributed by atoms with E-state index < -0.39 is 0 Å². The summed E-state index contributed by atoms with van der Waals surface area (Å²) in [6, 6.07) is 8.07. The largest absolute Gasteiger partial charge is 0.384 e. The van der Waals surface area contributed by atoms with E-state index in [4.69, 9.17) is 11.5 Å². The van der Waals surface area contributed by atoms with Crippen molar-refractivity contribution < 1.29 is 0 Å². The van der Waals surface area contributed by atoms with Crippen LogP contribution in [0.1, 0.15) is 11.1 Å². The lowest BCUT2D eigenvalue weighted by Gasteiger charge is -2.05. The van der Waals surface area contributed by atoms with Gasteiger partial charge in [-0.25, -0.2) is 4.68 Å². The number of nitrogens with two attached hydrogens (primary N) is 2. The summed E-state index contributed by atoms with van der Waals surface area (Å²) in [4.78, 5) is 0. The van der Waals surface area contributed by atoms with Crippen molar-refractivity contribution in [3.05, 3.63) is 46.1 Å². The minimum Gasteiger partial charge on any atom is -0.384 e. The monoisotopic (exact) mass is 280 g/mol. The van der Waals surface area contributed by atoms with Crippen molar-refractivity contribution in [1.82, 2.24) is 9.78 Å². The van der Waals surface area contributed by atoms with Gasteiger partial charge in [0.25, 0.3) is 0 Å². The Labute approximate surface area is 102 Å². The van der Waals surface area contributed by atoms with Gasteiger partial charge in [-0.3, -0.25) is 0 Å². The number of nitrogen functional groups attached to an aromatic ring is 1. The Kier molecular flexibility index (Phi) is 3.26. The molecule has 1 aromatic carbocycles. The second-order valence-electron chi connectivity index (χ2n) is 3.54. The molecule has 1 aromatic heterocycles. The molecule has 4 nitrogen and oxygen atoms in total.